The van der Waals surface area contributed by atoms with Crippen molar-refractivity contribution in [2.45, 2.75) is 47.0 Å². The molecule has 0 aliphatic rings. The van der Waals surface area contributed by atoms with Crippen LogP contribution in [0.3, 0.4) is 0 Å². The van der Waals surface area contributed by atoms with Crippen LogP contribution < -0.4 is 4.57 Å². The van der Waals surface area contributed by atoms with Crippen molar-refractivity contribution >= 4 is 11.0 Å². The number of nitrogens with one attached hydrogen (secondary N) is 1. The molecule has 0 fully saturated rings. The minimum Gasteiger partial charge on any atom is -0.349 e. The second-order valence-corrected chi connectivity index (χ2v) is 5.64. The molecular formula is C17H27N2O2+. The van der Waals surface area contributed by atoms with Gasteiger partial charge in [-0.1, -0.05) is 26.0 Å². The number of hydrogen-bond acceptors (Lipinski definition) is 2. The molecule has 0 aliphatic carbocycles. The Hall–Kier alpha value is -1.39. The second-order valence-electron chi connectivity index (χ2n) is 5.64. The van der Waals surface area contributed by atoms with Crippen LogP contribution >= 0.6 is 0 Å². The zero-order chi connectivity index (χ0) is 15.2. The Morgan fingerprint density at radius 1 is 1.10 bits per heavy atom. The molecule has 1 aromatic heterocycles. The Kier molecular flexibility index (Phi) is 5.76. The number of H-pyrrole nitrogens is 1. The molecule has 2 aromatic rings. The number of ether oxygens (including phenoxy) is 2. The highest BCUT2D eigenvalue weighted by molar-refractivity contribution is 5.71. The highest BCUT2D eigenvalue weighted by Crippen LogP contribution is 2.13. The summed E-state index contributed by atoms with van der Waals surface area (Å²) in [6.45, 7) is 10.5. The maximum atomic E-state index is 5.71. The largest absolute Gasteiger partial charge is 0.349 e. The Labute approximate surface area is 127 Å². The minimum absolute atomic E-state index is 0.199. The first-order valence-corrected chi connectivity index (χ1v) is 7.88. The normalized spacial score (nSPS) is 11.9. The predicted molar refractivity (Wildman–Crippen MR) is 84.1 cm³/mol. The highest BCUT2D eigenvalue weighted by Gasteiger charge is 2.22. The van der Waals surface area contributed by atoms with Crippen molar-refractivity contribution in [3.63, 3.8) is 0 Å². The lowest BCUT2D eigenvalue weighted by Crippen LogP contribution is -2.44. The third-order valence-electron chi connectivity index (χ3n) is 3.44. The van der Waals surface area contributed by atoms with Crippen molar-refractivity contribution in [3.05, 3.63) is 30.1 Å². The van der Waals surface area contributed by atoms with Crippen LogP contribution in [0, 0.1) is 5.92 Å². The standard InChI is InChI=1S/C17H26N2O2/c1-5-20-17(21-6-2)12-19-15-10-8-7-9-14(15)18-16(19)11-13(3)4/h7-10,13,17H,5-6,11-12H2,1-4H3/p+1. The van der Waals surface area contributed by atoms with Crippen LogP contribution in [0.4, 0.5) is 0 Å². The summed E-state index contributed by atoms with van der Waals surface area (Å²) in [5, 5.41) is 0. The fourth-order valence-electron chi connectivity index (χ4n) is 2.61. The van der Waals surface area contributed by atoms with Gasteiger partial charge in [-0.15, -0.1) is 0 Å². The summed E-state index contributed by atoms with van der Waals surface area (Å²) in [6, 6.07) is 8.39. The third kappa shape index (κ3) is 4.05. The summed E-state index contributed by atoms with van der Waals surface area (Å²) < 4.78 is 13.7. The number of aromatic amines is 1. The van der Waals surface area contributed by atoms with Gasteiger partial charge in [0.15, 0.2) is 17.3 Å². The molecule has 1 aromatic carbocycles. The van der Waals surface area contributed by atoms with Crippen LogP contribution in [-0.2, 0) is 22.4 Å². The molecule has 0 amide bonds. The molecule has 1 heterocycles. The first kappa shape index (κ1) is 16.0. The molecule has 0 spiro atoms. The molecule has 0 saturated heterocycles. The fourth-order valence-corrected chi connectivity index (χ4v) is 2.61. The van der Waals surface area contributed by atoms with E-state index in [0.29, 0.717) is 25.7 Å². The molecule has 2 rings (SSSR count). The number of rotatable bonds is 8. The second kappa shape index (κ2) is 7.57. The monoisotopic (exact) mass is 291 g/mol. The molecular weight excluding hydrogens is 264 g/mol. The number of para-hydroxylation sites is 2. The van der Waals surface area contributed by atoms with Crippen LogP contribution in [0.5, 0.6) is 0 Å². The lowest BCUT2D eigenvalue weighted by Gasteiger charge is -2.16. The SMILES string of the molecule is CCOC(C[n+]1c(CC(C)C)[nH]c2ccccc21)OCC. The molecule has 4 nitrogen and oxygen atoms in total. The topological polar surface area (TPSA) is 38.1 Å². The number of fused-ring (bicyclic) bond motifs is 1. The number of nitrogens with zero attached hydrogens (tertiary/aromatic N) is 1. The van der Waals surface area contributed by atoms with E-state index < -0.39 is 0 Å². The van der Waals surface area contributed by atoms with E-state index in [9.17, 15) is 0 Å². The van der Waals surface area contributed by atoms with Gasteiger partial charge in [0.05, 0.1) is 6.42 Å². The summed E-state index contributed by atoms with van der Waals surface area (Å²) in [5.74, 6) is 1.83. The smallest absolute Gasteiger partial charge is 0.255 e. The molecule has 0 aliphatic heterocycles. The summed E-state index contributed by atoms with van der Waals surface area (Å²) in [4.78, 5) is 3.54. The van der Waals surface area contributed by atoms with Gasteiger partial charge in [-0.2, -0.15) is 0 Å². The van der Waals surface area contributed by atoms with Gasteiger partial charge in [0.2, 0.25) is 0 Å². The van der Waals surface area contributed by atoms with E-state index >= 15 is 0 Å². The summed E-state index contributed by atoms with van der Waals surface area (Å²) >= 11 is 0. The van der Waals surface area contributed by atoms with Crippen LogP contribution in [0.1, 0.15) is 33.5 Å². The van der Waals surface area contributed by atoms with Gasteiger partial charge in [-0.25, -0.2) is 9.55 Å². The van der Waals surface area contributed by atoms with E-state index in [2.05, 4.69) is 47.7 Å². The van der Waals surface area contributed by atoms with Crippen LogP contribution in [0.15, 0.2) is 24.3 Å². The number of hydrogen-bond donors (Lipinski definition) is 1. The molecule has 0 unspecified atom stereocenters. The predicted octanol–water partition coefficient (Wildman–Crippen LogP) is 3.05. The molecule has 0 radical (unpaired) electrons. The van der Waals surface area contributed by atoms with E-state index in [0.717, 1.165) is 6.42 Å². The van der Waals surface area contributed by atoms with Gasteiger partial charge in [-0.3, -0.25) is 0 Å². The van der Waals surface area contributed by atoms with Gasteiger partial charge in [0.25, 0.3) is 5.82 Å². The Bertz CT molecular complexity index is 557. The lowest BCUT2D eigenvalue weighted by atomic mass is 10.1. The molecule has 0 saturated carbocycles. The Morgan fingerprint density at radius 2 is 1.76 bits per heavy atom. The van der Waals surface area contributed by atoms with Gasteiger partial charge in [0, 0.05) is 13.2 Å². The Balaban J connectivity index is 2.34. The highest BCUT2D eigenvalue weighted by atomic mass is 16.7. The van der Waals surface area contributed by atoms with E-state index in [1.54, 1.807) is 0 Å². The Morgan fingerprint density at radius 3 is 2.38 bits per heavy atom. The van der Waals surface area contributed by atoms with E-state index in [1.165, 1.54) is 16.9 Å². The lowest BCUT2D eigenvalue weighted by molar-refractivity contribution is -0.694. The average Bonchev–Trinajstić information content (AvgIpc) is 2.77. The van der Waals surface area contributed by atoms with Gasteiger partial charge >= 0.3 is 0 Å². The van der Waals surface area contributed by atoms with Crippen molar-refractivity contribution in [2.75, 3.05) is 13.2 Å². The van der Waals surface area contributed by atoms with Crippen molar-refractivity contribution in [3.8, 4) is 0 Å². The number of benzene rings is 1. The molecule has 116 valence electrons. The molecule has 0 atom stereocenters. The van der Waals surface area contributed by atoms with Crippen LogP contribution in [0.2, 0.25) is 0 Å². The minimum atomic E-state index is -0.199. The van der Waals surface area contributed by atoms with E-state index in [1.807, 2.05) is 13.8 Å². The summed E-state index contributed by atoms with van der Waals surface area (Å²) in [7, 11) is 0. The van der Waals surface area contributed by atoms with Gasteiger partial charge in [0.1, 0.15) is 6.54 Å². The van der Waals surface area contributed by atoms with E-state index in [4.69, 9.17) is 9.47 Å². The zero-order valence-electron chi connectivity index (χ0n) is 13.6. The quantitative estimate of drug-likeness (QED) is 0.599. The van der Waals surface area contributed by atoms with E-state index in [-0.39, 0.29) is 6.29 Å². The first-order chi connectivity index (χ1) is 10.2. The maximum absolute atomic E-state index is 5.71. The van der Waals surface area contributed by atoms with Gasteiger partial charge in [-0.05, 0) is 31.9 Å². The summed E-state index contributed by atoms with van der Waals surface area (Å²) in [5.41, 5.74) is 2.37. The first-order valence-electron chi connectivity index (χ1n) is 7.88. The number of imidazole rings is 1. The zero-order valence-corrected chi connectivity index (χ0v) is 13.6. The average molecular weight is 291 g/mol. The molecule has 4 heteroatoms. The van der Waals surface area contributed by atoms with Crippen LogP contribution in [-0.4, -0.2) is 24.5 Å². The third-order valence-corrected chi connectivity index (χ3v) is 3.44. The fraction of sp³-hybridized carbons (Fsp3) is 0.588. The van der Waals surface area contributed by atoms with Crippen molar-refractivity contribution < 1.29 is 14.0 Å². The molecule has 21 heavy (non-hydrogen) atoms. The molecule has 1 N–H and O–H groups in total. The van der Waals surface area contributed by atoms with Crippen molar-refractivity contribution in [1.82, 2.24) is 4.98 Å². The molecule has 0 bridgehead atoms. The van der Waals surface area contributed by atoms with Gasteiger partial charge < -0.3 is 9.47 Å². The van der Waals surface area contributed by atoms with Crippen LogP contribution in [0.25, 0.3) is 11.0 Å². The summed E-state index contributed by atoms with van der Waals surface area (Å²) in [6.07, 6.45) is 0.815. The van der Waals surface area contributed by atoms with Crippen molar-refractivity contribution in [2.24, 2.45) is 5.92 Å². The van der Waals surface area contributed by atoms with Crippen molar-refractivity contribution in [1.29, 1.82) is 0 Å². The maximum Gasteiger partial charge on any atom is 0.255 e. The number of aromatic nitrogens is 2.